The summed E-state index contributed by atoms with van der Waals surface area (Å²) in [6, 6.07) is 7.78. The topological polar surface area (TPSA) is 118 Å². The number of nitrogens with zero attached hydrogens (tertiary/aromatic N) is 4. The van der Waals surface area contributed by atoms with Crippen molar-refractivity contribution in [2.75, 3.05) is 26.2 Å². The van der Waals surface area contributed by atoms with Crippen molar-refractivity contribution in [3.8, 4) is 6.19 Å². The molecule has 30 heavy (non-hydrogen) atoms. The molecule has 2 N–H and O–H groups in total. The first-order chi connectivity index (χ1) is 14.6. The molecule has 1 unspecified atom stereocenters. The molecule has 0 bridgehead atoms. The summed E-state index contributed by atoms with van der Waals surface area (Å²) in [5.41, 5.74) is 0.412. The van der Waals surface area contributed by atoms with Crippen LogP contribution in [0.25, 0.3) is 0 Å². The minimum Gasteiger partial charge on any atom is -0.341 e. The summed E-state index contributed by atoms with van der Waals surface area (Å²) in [4.78, 5) is 45.6. The van der Waals surface area contributed by atoms with Crippen LogP contribution in [0, 0.1) is 11.5 Å². The number of likely N-dealkylation sites (tertiary alicyclic amines) is 2. The van der Waals surface area contributed by atoms with E-state index < -0.39 is 11.9 Å². The van der Waals surface area contributed by atoms with E-state index in [9.17, 15) is 14.4 Å². The van der Waals surface area contributed by atoms with Gasteiger partial charge in [0.15, 0.2) is 6.19 Å². The first-order valence-electron chi connectivity index (χ1n) is 10.2. The molecule has 2 aliphatic heterocycles. The highest BCUT2D eigenvalue weighted by atomic mass is 16.2. The third-order valence-electron chi connectivity index (χ3n) is 5.26. The fourth-order valence-corrected chi connectivity index (χ4v) is 3.67. The number of nitriles is 1. The molecule has 2 saturated heterocycles. The molecule has 9 heteroatoms. The molecule has 0 aromatic heterocycles. The van der Waals surface area contributed by atoms with Crippen molar-refractivity contribution in [2.24, 2.45) is 4.99 Å². The highest BCUT2D eigenvalue weighted by molar-refractivity contribution is 6.06. The Morgan fingerprint density at radius 3 is 2.50 bits per heavy atom. The van der Waals surface area contributed by atoms with E-state index in [0.29, 0.717) is 18.5 Å². The average molecular weight is 410 g/mol. The maximum absolute atomic E-state index is 13.0. The lowest BCUT2D eigenvalue weighted by Crippen LogP contribution is -2.46. The van der Waals surface area contributed by atoms with Gasteiger partial charge in [-0.25, -0.2) is 4.99 Å². The van der Waals surface area contributed by atoms with Crippen LogP contribution in [0.2, 0.25) is 0 Å². The number of nitrogens with one attached hydrogen (secondary N) is 2. The van der Waals surface area contributed by atoms with E-state index in [-0.39, 0.29) is 24.3 Å². The fraction of sp³-hybridized carbons (Fsp3) is 0.476. The van der Waals surface area contributed by atoms with Crippen LogP contribution in [0.1, 0.15) is 42.5 Å². The second-order valence-corrected chi connectivity index (χ2v) is 7.39. The molecule has 0 aliphatic carbocycles. The zero-order valence-electron chi connectivity index (χ0n) is 16.8. The maximum Gasteiger partial charge on any atom is 0.257 e. The van der Waals surface area contributed by atoms with Gasteiger partial charge in [-0.2, -0.15) is 5.26 Å². The summed E-state index contributed by atoms with van der Waals surface area (Å²) in [5.74, 6) is -0.804. The van der Waals surface area contributed by atoms with Gasteiger partial charge < -0.3 is 9.80 Å². The van der Waals surface area contributed by atoms with Gasteiger partial charge in [0.05, 0.1) is 6.54 Å². The predicted octanol–water partition coefficient (Wildman–Crippen LogP) is 0.847. The van der Waals surface area contributed by atoms with Gasteiger partial charge in [-0.15, -0.1) is 0 Å². The minimum atomic E-state index is -0.759. The van der Waals surface area contributed by atoms with Crippen molar-refractivity contribution < 1.29 is 14.4 Å². The molecule has 158 valence electrons. The van der Waals surface area contributed by atoms with Gasteiger partial charge in [0.1, 0.15) is 6.04 Å². The summed E-state index contributed by atoms with van der Waals surface area (Å²) in [6.07, 6.45) is 5.77. The Bertz CT molecular complexity index is 842. The zero-order chi connectivity index (χ0) is 21.3. The van der Waals surface area contributed by atoms with E-state index in [1.807, 2.05) is 0 Å². The number of carbonyl (C=O) groups is 3. The lowest BCUT2D eigenvalue weighted by Gasteiger charge is -2.25. The third kappa shape index (κ3) is 5.56. The number of hydrogen-bond acceptors (Lipinski definition) is 5. The molecule has 2 fully saturated rings. The molecule has 0 spiro atoms. The molecule has 2 heterocycles. The van der Waals surface area contributed by atoms with Crippen LogP contribution in [0.4, 0.5) is 0 Å². The van der Waals surface area contributed by atoms with Crippen LogP contribution in [0.5, 0.6) is 0 Å². The standard InChI is InChI=1S/C21H26N6O3/c22-15-23-21(25-19(29)16-8-2-1-3-9-16)24-17-10-4-5-13-27(20(17)30)14-18(28)26-11-6-7-12-26/h1-3,8-9,17H,4-7,10-14H2,(H2,23,24,25,29). The molecule has 3 amide bonds. The number of rotatable bonds is 4. The van der Waals surface area contributed by atoms with Crippen molar-refractivity contribution in [3.63, 3.8) is 0 Å². The predicted molar refractivity (Wildman–Crippen MR) is 110 cm³/mol. The molecule has 0 saturated carbocycles. The summed E-state index contributed by atoms with van der Waals surface area (Å²) >= 11 is 0. The van der Waals surface area contributed by atoms with E-state index in [2.05, 4.69) is 15.6 Å². The Kier molecular flexibility index (Phi) is 7.38. The van der Waals surface area contributed by atoms with Crippen LogP contribution >= 0.6 is 0 Å². The Hall–Kier alpha value is -3.41. The van der Waals surface area contributed by atoms with Gasteiger partial charge in [0.2, 0.25) is 17.8 Å². The van der Waals surface area contributed by atoms with Gasteiger partial charge in [-0.05, 0) is 44.2 Å². The van der Waals surface area contributed by atoms with Gasteiger partial charge in [0, 0.05) is 25.2 Å². The van der Waals surface area contributed by atoms with Crippen molar-refractivity contribution in [1.29, 1.82) is 5.26 Å². The fourth-order valence-electron chi connectivity index (χ4n) is 3.67. The van der Waals surface area contributed by atoms with Crippen LogP contribution in [0.3, 0.4) is 0 Å². The molecular formula is C21H26N6O3. The first kappa shape index (κ1) is 21.3. The van der Waals surface area contributed by atoms with Gasteiger partial charge in [-0.3, -0.25) is 25.0 Å². The summed E-state index contributed by atoms with van der Waals surface area (Å²) in [6.45, 7) is 2.03. The van der Waals surface area contributed by atoms with Crippen molar-refractivity contribution in [3.05, 3.63) is 35.9 Å². The zero-order valence-corrected chi connectivity index (χ0v) is 16.8. The summed E-state index contributed by atoms with van der Waals surface area (Å²) in [5, 5.41) is 13.9. The maximum atomic E-state index is 13.0. The minimum absolute atomic E-state index is 0.0433. The molecule has 3 rings (SSSR count). The molecule has 1 aromatic carbocycles. The normalized spacial score (nSPS) is 19.8. The lowest BCUT2D eigenvalue weighted by molar-refractivity contribution is -0.140. The molecular weight excluding hydrogens is 384 g/mol. The highest BCUT2D eigenvalue weighted by Gasteiger charge is 2.30. The number of carbonyl (C=O) groups excluding carboxylic acids is 3. The SMILES string of the molecule is N#CNC(=NC1CCCCN(CC(=O)N2CCCC2)C1=O)NC(=O)c1ccccc1. The first-order valence-corrected chi connectivity index (χ1v) is 10.2. The number of aliphatic imine (C=N–C) groups is 1. The second-order valence-electron chi connectivity index (χ2n) is 7.39. The van der Waals surface area contributed by atoms with E-state index in [0.717, 1.165) is 38.8 Å². The van der Waals surface area contributed by atoms with E-state index in [1.165, 1.54) is 0 Å². The quantitative estimate of drug-likeness (QED) is 0.330. The second kappa shape index (κ2) is 10.4. The van der Waals surface area contributed by atoms with Crippen LogP contribution in [0.15, 0.2) is 35.3 Å². The summed E-state index contributed by atoms with van der Waals surface area (Å²) < 4.78 is 0. The van der Waals surface area contributed by atoms with Gasteiger partial charge >= 0.3 is 0 Å². The van der Waals surface area contributed by atoms with Crippen LogP contribution in [-0.2, 0) is 9.59 Å². The van der Waals surface area contributed by atoms with Crippen LogP contribution in [-0.4, -0.2) is 65.7 Å². The Morgan fingerprint density at radius 2 is 1.80 bits per heavy atom. The number of benzene rings is 1. The Labute approximate surface area is 175 Å². The molecule has 0 radical (unpaired) electrons. The smallest absolute Gasteiger partial charge is 0.257 e. The Morgan fingerprint density at radius 1 is 1.10 bits per heavy atom. The van der Waals surface area contributed by atoms with Crippen molar-refractivity contribution >= 4 is 23.7 Å². The number of guanidine groups is 1. The van der Waals surface area contributed by atoms with E-state index in [4.69, 9.17) is 5.26 Å². The average Bonchev–Trinajstić information content (AvgIpc) is 3.24. The van der Waals surface area contributed by atoms with Crippen molar-refractivity contribution in [2.45, 2.75) is 38.1 Å². The summed E-state index contributed by atoms with van der Waals surface area (Å²) in [7, 11) is 0. The molecule has 1 atom stereocenters. The molecule has 9 nitrogen and oxygen atoms in total. The number of hydrogen-bond donors (Lipinski definition) is 2. The Balaban J connectivity index is 1.70. The molecule has 1 aromatic rings. The molecule has 2 aliphatic rings. The van der Waals surface area contributed by atoms with E-state index in [1.54, 1.807) is 46.3 Å². The van der Waals surface area contributed by atoms with Crippen LogP contribution < -0.4 is 10.6 Å². The number of amides is 3. The third-order valence-corrected chi connectivity index (χ3v) is 5.26. The van der Waals surface area contributed by atoms with Crippen molar-refractivity contribution in [1.82, 2.24) is 20.4 Å². The van der Waals surface area contributed by atoms with Gasteiger partial charge in [-0.1, -0.05) is 18.2 Å². The monoisotopic (exact) mass is 410 g/mol. The van der Waals surface area contributed by atoms with Gasteiger partial charge in [0.25, 0.3) is 5.91 Å². The highest BCUT2D eigenvalue weighted by Crippen LogP contribution is 2.16. The van der Waals surface area contributed by atoms with E-state index >= 15 is 0 Å². The lowest BCUT2D eigenvalue weighted by atomic mass is 10.1. The largest absolute Gasteiger partial charge is 0.341 e.